The average Bonchev–Trinajstić information content (AvgIpc) is 2.82. The zero-order chi connectivity index (χ0) is 25.4. The molecule has 4 rings (SSSR count). The second-order valence-electron chi connectivity index (χ2n) is 9.15. The van der Waals surface area contributed by atoms with E-state index in [0.717, 1.165) is 37.8 Å². The summed E-state index contributed by atoms with van der Waals surface area (Å²) in [6.07, 6.45) is 6.01. The van der Waals surface area contributed by atoms with Crippen LogP contribution < -0.4 is 4.74 Å². The topological polar surface area (TPSA) is 18.5 Å². The molecule has 2 nitrogen and oxygen atoms in total. The number of benzene rings is 2. The van der Waals surface area contributed by atoms with Crippen LogP contribution in [0.25, 0.3) is 11.1 Å². The summed E-state index contributed by atoms with van der Waals surface area (Å²) in [6, 6.07) is 4.67. The molecule has 2 aliphatic rings. The summed E-state index contributed by atoms with van der Waals surface area (Å²) in [5.74, 6) is -13.2. The van der Waals surface area contributed by atoms with Crippen molar-refractivity contribution in [3.05, 3.63) is 65.2 Å². The van der Waals surface area contributed by atoms with E-state index in [-0.39, 0.29) is 30.6 Å². The van der Waals surface area contributed by atoms with Gasteiger partial charge in [0, 0.05) is 6.61 Å². The summed E-state index contributed by atoms with van der Waals surface area (Å²) < 4.78 is 101. The molecule has 1 aliphatic heterocycles. The first-order valence-corrected chi connectivity index (χ1v) is 11.9. The third-order valence-corrected chi connectivity index (χ3v) is 6.92. The van der Waals surface area contributed by atoms with Crippen molar-refractivity contribution in [2.45, 2.75) is 63.4 Å². The van der Waals surface area contributed by atoms with Gasteiger partial charge in [-0.25, -0.2) is 8.78 Å². The Balaban J connectivity index is 1.62. The maximum Gasteiger partial charge on any atom is 0.343 e. The minimum Gasteiger partial charge on any atom is -0.491 e. The molecule has 0 N–H and O–H groups in total. The molecule has 190 valence electrons. The number of ether oxygens (including phenoxy) is 2. The fourth-order valence-electron chi connectivity index (χ4n) is 4.99. The molecule has 0 saturated carbocycles. The summed E-state index contributed by atoms with van der Waals surface area (Å²) in [7, 11) is 0. The monoisotopic (exact) mass is 498 g/mol. The van der Waals surface area contributed by atoms with E-state index >= 15 is 22.0 Å². The van der Waals surface area contributed by atoms with Gasteiger partial charge in [0.25, 0.3) is 0 Å². The molecule has 1 fully saturated rings. The van der Waals surface area contributed by atoms with Gasteiger partial charge < -0.3 is 9.47 Å². The Morgan fingerprint density at radius 2 is 1.63 bits per heavy atom. The second kappa shape index (κ2) is 9.88. The van der Waals surface area contributed by atoms with Gasteiger partial charge in [-0.3, -0.25) is 0 Å². The first kappa shape index (κ1) is 25.6. The Bertz CT molecular complexity index is 1090. The Kier molecular flexibility index (Phi) is 7.23. The lowest BCUT2D eigenvalue weighted by molar-refractivity contribution is -0.228. The molecule has 1 saturated heterocycles. The molecule has 0 radical (unpaired) electrons. The van der Waals surface area contributed by atoms with E-state index < -0.39 is 51.5 Å². The summed E-state index contributed by atoms with van der Waals surface area (Å²) in [5.41, 5.74) is -3.83. The lowest BCUT2D eigenvalue weighted by Gasteiger charge is -2.36. The molecular formula is C27H28F6O2. The first-order valence-electron chi connectivity index (χ1n) is 11.9. The van der Waals surface area contributed by atoms with Gasteiger partial charge in [0.1, 0.15) is 5.82 Å². The van der Waals surface area contributed by atoms with Crippen LogP contribution in [0.4, 0.5) is 26.3 Å². The number of aryl methyl sites for hydroxylation is 1. The van der Waals surface area contributed by atoms with Crippen molar-refractivity contribution >= 4 is 0 Å². The zero-order valence-electron chi connectivity index (χ0n) is 19.5. The zero-order valence-corrected chi connectivity index (χ0v) is 19.5. The van der Waals surface area contributed by atoms with Crippen LogP contribution in [0.5, 0.6) is 5.75 Å². The Hall–Kier alpha value is -2.48. The highest BCUT2D eigenvalue weighted by atomic mass is 19.3. The van der Waals surface area contributed by atoms with Crippen molar-refractivity contribution in [1.29, 1.82) is 0 Å². The van der Waals surface area contributed by atoms with Crippen LogP contribution >= 0.6 is 0 Å². The van der Waals surface area contributed by atoms with Crippen LogP contribution in [0.3, 0.4) is 0 Å². The first-order chi connectivity index (χ1) is 16.6. The predicted molar refractivity (Wildman–Crippen MR) is 121 cm³/mol. The van der Waals surface area contributed by atoms with Crippen LogP contribution in [-0.2, 0) is 23.0 Å². The van der Waals surface area contributed by atoms with Gasteiger partial charge in [-0.15, -0.1) is 6.58 Å². The number of allylic oxidation sites excluding steroid dienone is 1. The van der Waals surface area contributed by atoms with Crippen molar-refractivity contribution in [3.63, 3.8) is 0 Å². The van der Waals surface area contributed by atoms with Crippen molar-refractivity contribution in [2.75, 3.05) is 13.2 Å². The van der Waals surface area contributed by atoms with Gasteiger partial charge >= 0.3 is 11.8 Å². The number of fused-ring (bicyclic) bond motifs is 3. The molecule has 0 aromatic heterocycles. The maximum atomic E-state index is 15.4. The van der Waals surface area contributed by atoms with E-state index in [2.05, 4.69) is 6.58 Å². The number of alkyl halides is 4. The van der Waals surface area contributed by atoms with Gasteiger partial charge in [0.15, 0.2) is 11.6 Å². The number of hydrogen-bond donors (Lipinski definition) is 0. The fourth-order valence-corrected chi connectivity index (χ4v) is 4.99. The molecule has 8 heteroatoms. The number of halogens is 6. The molecule has 0 amide bonds. The summed E-state index contributed by atoms with van der Waals surface area (Å²) >= 11 is 0. The van der Waals surface area contributed by atoms with Crippen LogP contribution in [0.15, 0.2) is 36.9 Å². The predicted octanol–water partition coefficient (Wildman–Crippen LogP) is 7.92. The fraction of sp³-hybridized carbons (Fsp3) is 0.481. The van der Waals surface area contributed by atoms with Crippen molar-refractivity contribution in [3.8, 4) is 16.9 Å². The van der Waals surface area contributed by atoms with Gasteiger partial charge in [-0.2, -0.15) is 17.6 Å². The van der Waals surface area contributed by atoms with Crippen molar-refractivity contribution in [1.82, 2.24) is 0 Å². The quantitative estimate of drug-likeness (QED) is 0.272. The SMILES string of the molecule is C=CCCC1CCC(CCc2ccc3c(c2F)C(F)(F)C(F)(F)c2c-3ccc(OCC)c2F)CO1. The summed E-state index contributed by atoms with van der Waals surface area (Å²) in [4.78, 5) is 0. The summed E-state index contributed by atoms with van der Waals surface area (Å²) in [5, 5.41) is 0. The molecule has 2 atom stereocenters. The average molecular weight is 499 g/mol. The minimum atomic E-state index is -4.95. The van der Waals surface area contributed by atoms with E-state index in [1.54, 1.807) is 0 Å². The molecule has 0 bridgehead atoms. The third-order valence-electron chi connectivity index (χ3n) is 6.92. The highest BCUT2D eigenvalue weighted by Gasteiger charge is 2.65. The van der Waals surface area contributed by atoms with E-state index in [1.165, 1.54) is 19.1 Å². The molecule has 2 aromatic rings. The van der Waals surface area contributed by atoms with Crippen molar-refractivity contribution in [2.24, 2.45) is 5.92 Å². The van der Waals surface area contributed by atoms with E-state index in [4.69, 9.17) is 9.47 Å². The van der Waals surface area contributed by atoms with Gasteiger partial charge in [0.05, 0.1) is 23.8 Å². The van der Waals surface area contributed by atoms with Gasteiger partial charge in [0.2, 0.25) is 0 Å². The largest absolute Gasteiger partial charge is 0.491 e. The molecule has 1 heterocycles. The molecule has 2 aromatic carbocycles. The van der Waals surface area contributed by atoms with E-state index in [0.29, 0.717) is 13.0 Å². The maximum absolute atomic E-state index is 15.4. The van der Waals surface area contributed by atoms with Crippen LogP contribution in [0.1, 0.15) is 55.7 Å². The van der Waals surface area contributed by atoms with Crippen LogP contribution in [0, 0.1) is 17.6 Å². The second-order valence-corrected chi connectivity index (χ2v) is 9.15. The molecular weight excluding hydrogens is 470 g/mol. The Morgan fingerprint density at radius 3 is 2.23 bits per heavy atom. The molecule has 35 heavy (non-hydrogen) atoms. The van der Waals surface area contributed by atoms with E-state index in [1.807, 2.05) is 6.08 Å². The standard InChI is InChI=1S/C27H28F6O2/c1-3-5-6-18-11-8-16(15-35-18)7-9-17-10-12-19-20-13-14-21(34-4-2)25(29)23(20)27(32,33)26(30,31)22(19)24(17)28/h3,10,12-14,16,18H,1,4-9,11,15H2,2H3. The van der Waals surface area contributed by atoms with Gasteiger partial charge in [-0.1, -0.05) is 18.2 Å². The van der Waals surface area contributed by atoms with Crippen LogP contribution in [0.2, 0.25) is 0 Å². The molecule has 1 aliphatic carbocycles. The van der Waals surface area contributed by atoms with E-state index in [9.17, 15) is 4.39 Å². The third kappa shape index (κ3) is 4.46. The minimum absolute atomic E-state index is 0.0340. The highest BCUT2D eigenvalue weighted by Crippen LogP contribution is 2.60. The van der Waals surface area contributed by atoms with Crippen molar-refractivity contribution < 1.29 is 35.8 Å². The normalized spacial score (nSPS) is 22.3. The number of rotatable bonds is 8. The lowest BCUT2D eigenvalue weighted by Crippen LogP contribution is -2.41. The summed E-state index contributed by atoms with van der Waals surface area (Å²) in [6.45, 7) is 5.66. The molecule has 0 spiro atoms. The molecule has 2 unspecified atom stereocenters. The highest BCUT2D eigenvalue weighted by molar-refractivity contribution is 5.77. The Labute approximate surface area is 200 Å². The van der Waals surface area contributed by atoms with Crippen LogP contribution in [-0.4, -0.2) is 19.3 Å². The Morgan fingerprint density at radius 1 is 0.971 bits per heavy atom. The smallest absolute Gasteiger partial charge is 0.343 e. The lowest BCUT2D eigenvalue weighted by atomic mass is 9.78. The van der Waals surface area contributed by atoms with Gasteiger partial charge in [-0.05, 0) is 80.2 Å². The number of hydrogen-bond acceptors (Lipinski definition) is 2.